The van der Waals surface area contributed by atoms with Crippen LogP contribution in [-0.2, 0) is 19.6 Å². The van der Waals surface area contributed by atoms with Gasteiger partial charge in [-0.05, 0) is 24.1 Å². The molecule has 2 N–H and O–H groups in total. The second-order valence-electron chi connectivity index (χ2n) is 4.80. The Kier molecular flexibility index (Phi) is 5.47. The van der Waals surface area contributed by atoms with Crippen LogP contribution in [0, 0.1) is 11.3 Å². The molecule has 7 heteroatoms. The number of nitriles is 1. The fourth-order valence-electron chi connectivity index (χ4n) is 1.97. The van der Waals surface area contributed by atoms with Gasteiger partial charge >= 0.3 is 0 Å². The highest BCUT2D eigenvalue weighted by molar-refractivity contribution is 5.29. The summed E-state index contributed by atoms with van der Waals surface area (Å²) in [5.41, 5.74) is 1.77. The van der Waals surface area contributed by atoms with E-state index in [0.717, 1.165) is 12.0 Å². The minimum atomic E-state index is -0.963. The molecule has 0 fully saturated rings. The lowest BCUT2D eigenvalue weighted by molar-refractivity contribution is 0.0761. The van der Waals surface area contributed by atoms with E-state index in [4.69, 9.17) is 15.1 Å². The molecule has 0 amide bonds. The first-order valence-electron chi connectivity index (χ1n) is 7.01. The number of aliphatic hydroxyl groups excluding tert-OH is 2. The summed E-state index contributed by atoms with van der Waals surface area (Å²) in [6, 6.07) is 9.63. The van der Waals surface area contributed by atoms with E-state index in [2.05, 4.69) is 17.2 Å². The molecule has 0 radical (unpaired) electrons. The van der Waals surface area contributed by atoms with Crippen molar-refractivity contribution in [1.82, 2.24) is 15.0 Å². The number of benzene rings is 1. The van der Waals surface area contributed by atoms with E-state index in [1.807, 2.05) is 30.3 Å². The van der Waals surface area contributed by atoms with Crippen LogP contribution < -0.4 is 4.74 Å². The van der Waals surface area contributed by atoms with Gasteiger partial charge in [-0.1, -0.05) is 24.3 Å². The predicted molar refractivity (Wildman–Crippen MR) is 78.0 cm³/mol. The van der Waals surface area contributed by atoms with Crippen molar-refractivity contribution in [2.24, 2.45) is 0 Å². The Hall–Kier alpha value is -2.43. The summed E-state index contributed by atoms with van der Waals surface area (Å²) in [6.07, 6.45) is -0.0570. The van der Waals surface area contributed by atoms with Crippen LogP contribution in [0.15, 0.2) is 24.3 Å². The van der Waals surface area contributed by atoms with Crippen molar-refractivity contribution in [3.8, 4) is 11.8 Å². The smallest absolute Gasteiger partial charge is 0.189 e. The first kappa shape index (κ1) is 15.9. The maximum absolute atomic E-state index is 9.51. The molecular weight excluding hydrogens is 284 g/mol. The molecule has 2 rings (SSSR count). The standard InChI is InChI=1S/C15H18N4O3/c1-2-11-4-3-5-13(6-11)22-10-15-14(7-16)17-18-19(15)8-12(21)9-20/h3-6,12,20-21H,2,8-10H2,1H3. The molecule has 22 heavy (non-hydrogen) atoms. The molecule has 1 unspecified atom stereocenters. The first-order chi connectivity index (χ1) is 10.7. The number of hydrogen-bond donors (Lipinski definition) is 2. The average Bonchev–Trinajstić information content (AvgIpc) is 2.94. The summed E-state index contributed by atoms with van der Waals surface area (Å²) in [7, 11) is 0. The van der Waals surface area contributed by atoms with Gasteiger partial charge in [0.2, 0.25) is 0 Å². The Balaban J connectivity index is 2.14. The number of aryl methyl sites for hydroxylation is 1. The molecule has 1 atom stereocenters. The molecule has 1 aromatic heterocycles. The summed E-state index contributed by atoms with van der Waals surface area (Å²) >= 11 is 0. The van der Waals surface area contributed by atoms with Crippen molar-refractivity contribution >= 4 is 0 Å². The Labute approximate surface area is 128 Å². The Morgan fingerprint density at radius 2 is 2.27 bits per heavy atom. The quantitative estimate of drug-likeness (QED) is 0.778. The molecule has 0 aliphatic rings. The van der Waals surface area contributed by atoms with Gasteiger partial charge in [0, 0.05) is 0 Å². The highest BCUT2D eigenvalue weighted by atomic mass is 16.5. The van der Waals surface area contributed by atoms with E-state index >= 15 is 0 Å². The summed E-state index contributed by atoms with van der Waals surface area (Å²) in [6.45, 7) is 1.84. The van der Waals surface area contributed by atoms with Crippen molar-refractivity contribution in [2.75, 3.05) is 6.61 Å². The number of nitrogens with zero attached hydrogens (tertiary/aromatic N) is 4. The topological polar surface area (TPSA) is 104 Å². The number of aliphatic hydroxyl groups is 2. The monoisotopic (exact) mass is 302 g/mol. The van der Waals surface area contributed by atoms with Crippen molar-refractivity contribution in [1.29, 1.82) is 5.26 Å². The summed E-state index contributed by atoms with van der Waals surface area (Å²) < 4.78 is 7.07. The molecular formula is C15H18N4O3. The van der Waals surface area contributed by atoms with Crippen LogP contribution in [-0.4, -0.2) is 37.9 Å². The van der Waals surface area contributed by atoms with Gasteiger partial charge in [0.1, 0.15) is 24.1 Å². The molecule has 1 heterocycles. The van der Waals surface area contributed by atoms with E-state index in [-0.39, 0.29) is 25.5 Å². The van der Waals surface area contributed by atoms with Crippen LogP contribution in [0.1, 0.15) is 23.9 Å². The minimum absolute atomic E-state index is 0.0544. The highest BCUT2D eigenvalue weighted by Gasteiger charge is 2.16. The molecule has 1 aromatic carbocycles. The minimum Gasteiger partial charge on any atom is -0.487 e. The third kappa shape index (κ3) is 3.81. The van der Waals surface area contributed by atoms with Gasteiger partial charge < -0.3 is 14.9 Å². The third-order valence-electron chi connectivity index (χ3n) is 3.22. The van der Waals surface area contributed by atoms with E-state index in [0.29, 0.717) is 11.4 Å². The number of rotatable bonds is 7. The van der Waals surface area contributed by atoms with Gasteiger partial charge in [-0.15, -0.1) is 5.10 Å². The summed E-state index contributed by atoms with van der Waals surface area (Å²) in [4.78, 5) is 0. The largest absolute Gasteiger partial charge is 0.487 e. The van der Waals surface area contributed by atoms with Crippen LogP contribution in [0.3, 0.4) is 0 Å². The zero-order valence-electron chi connectivity index (χ0n) is 12.3. The lowest BCUT2D eigenvalue weighted by Crippen LogP contribution is -2.22. The number of ether oxygens (including phenoxy) is 1. The zero-order chi connectivity index (χ0) is 15.9. The Morgan fingerprint density at radius 1 is 1.45 bits per heavy atom. The second-order valence-corrected chi connectivity index (χ2v) is 4.80. The van der Waals surface area contributed by atoms with Gasteiger partial charge in [0.25, 0.3) is 0 Å². The molecule has 0 aliphatic carbocycles. The third-order valence-corrected chi connectivity index (χ3v) is 3.22. The fraction of sp³-hybridized carbons (Fsp3) is 0.400. The maximum atomic E-state index is 9.51. The first-order valence-corrected chi connectivity index (χ1v) is 7.01. The van der Waals surface area contributed by atoms with Crippen LogP contribution >= 0.6 is 0 Å². The normalized spacial score (nSPS) is 11.9. The van der Waals surface area contributed by atoms with Crippen molar-refractivity contribution in [3.05, 3.63) is 41.2 Å². The average molecular weight is 302 g/mol. The maximum Gasteiger partial charge on any atom is 0.189 e. The van der Waals surface area contributed by atoms with Crippen LogP contribution in [0.25, 0.3) is 0 Å². The van der Waals surface area contributed by atoms with E-state index < -0.39 is 6.10 Å². The fourth-order valence-corrected chi connectivity index (χ4v) is 1.97. The van der Waals surface area contributed by atoms with Gasteiger partial charge in [0.15, 0.2) is 5.69 Å². The number of aromatic nitrogens is 3. The van der Waals surface area contributed by atoms with Crippen molar-refractivity contribution in [3.63, 3.8) is 0 Å². The SMILES string of the molecule is CCc1cccc(OCc2c(C#N)nnn2CC(O)CO)c1. The number of hydrogen-bond acceptors (Lipinski definition) is 6. The zero-order valence-corrected chi connectivity index (χ0v) is 12.3. The van der Waals surface area contributed by atoms with Gasteiger partial charge in [-0.2, -0.15) is 5.26 Å². The molecule has 0 spiro atoms. The highest BCUT2D eigenvalue weighted by Crippen LogP contribution is 2.16. The lowest BCUT2D eigenvalue weighted by Gasteiger charge is -2.11. The Morgan fingerprint density at radius 3 is 2.95 bits per heavy atom. The molecule has 2 aromatic rings. The second kappa shape index (κ2) is 7.54. The molecule has 0 bridgehead atoms. The lowest BCUT2D eigenvalue weighted by atomic mass is 10.2. The molecule has 0 saturated carbocycles. The molecule has 0 saturated heterocycles. The van der Waals surface area contributed by atoms with E-state index in [1.165, 1.54) is 4.68 Å². The predicted octanol–water partition coefficient (Wildman–Crippen LogP) is 0.644. The van der Waals surface area contributed by atoms with Crippen LogP contribution in [0.4, 0.5) is 0 Å². The van der Waals surface area contributed by atoms with Crippen molar-refractivity contribution < 1.29 is 14.9 Å². The van der Waals surface area contributed by atoms with Crippen molar-refractivity contribution in [2.45, 2.75) is 32.6 Å². The molecule has 0 aliphatic heterocycles. The van der Waals surface area contributed by atoms with Crippen LogP contribution in [0.2, 0.25) is 0 Å². The summed E-state index contributed by atoms with van der Waals surface area (Å²) in [5.74, 6) is 0.693. The van der Waals surface area contributed by atoms with E-state index in [1.54, 1.807) is 0 Å². The van der Waals surface area contributed by atoms with Gasteiger partial charge in [0.05, 0.1) is 19.3 Å². The van der Waals surface area contributed by atoms with E-state index in [9.17, 15) is 5.11 Å². The molecule has 116 valence electrons. The summed E-state index contributed by atoms with van der Waals surface area (Å²) in [5, 5.41) is 35.0. The van der Waals surface area contributed by atoms with Crippen LogP contribution in [0.5, 0.6) is 5.75 Å². The molecule has 7 nitrogen and oxygen atoms in total. The van der Waals surface area contributed by atoms with Gasteiger partial charge in [-0.3, -0.25) is 0 Å². The van der Waals surface area contributed by atoms with Gasteiger partial charge in [-0.25, -0.2) is 4.68 Å². The Bertz CT molecular complexity index is 663.